The minimum atomic E-state index is -0.345. The normalized spacial score (nSPS) is 20.7. The van der Waals surface area contributed by atoms with E-state index in [1.807, 2.05) is 4.90 Å². The Hall–Kier alpha value is -1.43. The maximum atomic E-state index is 13.9. The third-order valence-electron chi connectivity index (χ3n) is 3.66. The van der Waals surface area contributed by atoms with Gasteiger partial charge >= 0.3 is 0 Å². The van der Waals surface area contributed by atoms with Crippen molar-refractivity contribution >= 4 is 11.8 Å². The van der Waals surface area contributed by atoms with Gasteiger partial charge in [0.25, 0.3) is 0 Å². The molecular formula is C13H19FN4O. The first-order valence-electron chi connectivity index (χ1n) is 6.95. The third kappa shape index (κ3) is 2.78. The molecular weight excluding hydrogens is 247 g/mol. The average Bonchev–Trinajstić information content (AvgIpc) is 2.49. The number of hydrogen-bond acceptors (Lipinski definition) is 5. The molecule has 104 valence electrons. The summed E-state index contributed by atoms with van der Waals surface area (Å²) in [5, 5.41) is 0. The molecule has 5 nitrogen and oxygen atoms in total. The van der Waals surface area contributed by atoms with Gasteiger partial charge in [-0.3, -0.25) is 0 Å². The smallest absolute Gasteiger partial charge is 0.227 e. The third-order valence-corrected chi connectivity index (χ3v) is 3.66. The fraction of sp³-hybridized carbons (Fsp3) is 0.692. The van der Waals surface area contributed by atoms with E-state index in [-0.39, 0.29) is 5.82 Å². The molecule has 2 aliphatic heterocycles. The van der Waals surface area contributed by atoms with Crippen LogP contribution in [0.4, 0.5) is 16.2 Å². The molecule has 0 N–H and O–H groups in total. The second-order valence-corrected chi connectivity index (χ2v) is 4.99. The van der Waals surface area contributed by atoms with E-state index < -0.39 is 0 Å². The monoisotopic (exact) mass is 266 g/mol. The number of morpholine rings is 1. The van der Waals surface area contributed by atoms with Crippen LogP contribution < -0.4 is 9.80 Å². The van der Waals surface area contributed by atoms with Crippen LogP contribution in [0.5, 0.6) is 0 Å². The van der Waals surface area contributed by atoms with E-state index in [2.05, 4.69) is 14.9 Å². The van der Waals surface area contributed by atoms with Crippen molar-refractivity contribution in [1.29, 1.82) is 0 Å². The molecule has 0 radical (unpaired) electrons. The minimum absolute atomic E-state index is 0.345. The van der Waals surface area contributed by atoms with Gasteiger partial charge in [0.05, 0.1) is 19.4 Å². The van der Waals surface area contributed by atoms with Gasteiger partial charge in [0, 0.05) is 26.2 Å². The Bertz CT molecular complexity index is 431. The summed E-state index contributed by atoms with van der Waals surface area (Å²) in [6.07, 6.45) is 4.87. The highest BCUT2D eigenvalue weighted by Gasteiger charge is 2.20. The number of nitrogens with zero attached hydrogens (tertiary/aromatic N) is 4. The van der Waals surface area contributed by atoms with Crippen LogP contribution in [0.3, 0.4) is 0 Å². The molecule has 2 fully saturated rings. The van der Waals surface area contributed by atoms with Crippen molar-refractivity contribution in [1.82, 2.24) is 9.97 Å². The molecule has 0 saturated carbocycles. The maximum Gasteiger partial charge on any atom is 0.227 e. The van der Waals surface area contributed by atoms with Crippen LogP contribution in [-0.2, 0) is 4.74 Å². The molecule has 1 aromatic rings. The van der Waals surface area contributed by atoms with Gasteiger partial charge in [-0.15, -0.1) is 0 Å². The van der Waals surface area contributed by atoms with Crippen molar-refractivity contribution in [3.8, 4) is 0 Å². The topological polar surface area (TPSA) is 41.5 Å². The number of ether oxygens (including phenoxy) is 1. The molecule has 0 unspecified atom stereocenters. The van der Waals surface area contributed by atoms with E-state index in [4.69, 9.17) is 4.74 Å². The lowest BCUT2D eigenvalue weighted by molar-refractivity contribution is 0.122. The first-order chi connectivity index (χ1) is 9.34. The number of piperidine rings is 1. The molecule has 2 saturated heterocycles. The Morgan fingerprint density at radius 1 is 1.00 bits per heavy atom. The zero-order valence-corrected chi connectivity index (χ0v) is 11.0. The molecule has 0 aromatic carbocycles. The van der Waals surface area contributed by atoms with Crippen LogP contribution in [0, 0.1) is 5.82 Å². The molecule has 0 atom stereocenters. The number of halogens is 1. The largest absolute Gasteiger partial charge is 0.378 e. The zero-order valence-electron chi connectivity index (χ0n) is 11.0. The fourth-order valence-corrected chi connectivity index (χ4v) is 2.59. The van der Waals surface area contributed by atoms with E-state index in [1.165, 1.54) is 12.6 Å². The maximum absolute atomic E-state index is 13.9. The second kappa shape index (κ2) is 5.69. The molecule has 6 heteroatoms. The Morgan fingerprint density at radius 2 is 1.74 bits per heavy atom. The van der Waals surface area contributed by atoms with Gasteiger partial charge in [-0.2, -0.15) is 4.98 Å². The van der Waals surface area contributed by atoms with Crippen LogP contribution in [0.15, 0.2) is 6.20 Å². The van der Waals surface area contributed by atoms with E-state index in [1.54, 1.807) is 0 Å². The summed E-state index contributed by atoms with van der Waals surface area (Å²) in [6.45, 7) is 4.56. The van der Waals surface area contributed by atoms with Crippen molar-refractivity contribution in [3.05, 3.63) is 12.0 Å². The quantitative estimate of drug-likeness (QED) is 0.810. The highest BCUT2D eigenvalue weighted by molar-refractivity contribution is 5.45. The summed E-state index contributed by atoms with van der Waals surface area (Å²) >= 11 is 0. The van der Waals surface area contributed by atoms with Gasteiger partial charge < -0.3 is 14.5 Å². The van der Waals surface area contributed by atoms with E-state index in [9.17, 15) is 4.39 Å². The molecule has 1 aromatic heterocycles. The van der Waals surface area contributed by atoms with E-state index >= 15 is 0 Å². The Balaban J connectivity index is 1.82. The molecule has 0 aliphatic carbocycles. The van der Waals surface area contributed by atoms with Crippen molar-refractivity contribution in [2.24, 2.45) is 0 Å². The highest BCUT2D eigenvalue weighted by atomic mass is 19.1. The number of aromatic nitrogens is 2. The SMILES string of the molecule is Fc1cnc(N2CCCCC2)nc1N1CCOCC1. The predicted molar refractivity (Wildman–Crippen MR) is 71.1 cm³/mol. The van der Waals surface area contributed by atoms with Gasteiger partial charge in [0.1, 0.15) is 0 Å². The van der Waals surface area contributed by atoms with E-state index in [0.717, 1.165) is 25.9 Å². The molecule has 0 spiro atoms. The van der Waals surface area contributed by atoms with Crippen molar-refractivity contribution in [2.45, 2.75) is 19.3 Å². The summed E-state index contributed by atoms with van der Waals surface area (Å²) in [5.41, 5.74) is 0. The van der Waals surface area contributed by atoms with Crippen LogP contribution in [-0.4, -0.2) is 49.4 Å². The molecule has 0 amide bonds. The Morgan fingerprint density at radius 3 is 2.47 bits per heavy atom. The van der Waals surface area contributed by atoms with Gasteiger partial charge in [-0.05, 0) is 19.3 Å². The van der Waals surface area contributed by atoms with Crippen LogP contribution in [0.2, 0.25) is 0 Å². The van der Waals surface area contributed by atoms with Crippen molar-refractivity contribution in [2.75, 3.05) is 49.2 Å². The number of hydrogen-bond donors (Lipinski definition) is 0. The standard InChI is InChI=1S/C13H19FN4O/c14-11-10-15-13(18-4-2-1-3-5-18)16-12(11)17-6-8-19-9-7-17/h10H,1-9H2. The van der Waals surface area contributed by atoms with Gasteiger partial charge in [-0.25, -0.2) is 9.37 Å². The molecule has 3 heterocycles. The lowest BCUT2D eigenvalue weighted by Gasteiger charge is -2.30. The molecule has 19 heavy (non-hydrogen) atoms. The fourth-order valence-electron chi connectivity index (χ4n) is 2.59. The number of rotatable bonds is 2. The van der Waals surface area contributed by atoms with Gasteiger partial charge in [0.15, 0.2) is 11.6 Å². The van der Waals surface area contributed by atoms with Gasteiger partial charge in [-0.1, -0.05) is 0 Å². The predicted octanol–water partition coefficient (Wildman–Crippen LogP) is 1.44. The Labute approximate surface area is 112 Å². The first-order valence-corrected chi connectivity index (χ1v) is 6.95. The zero-order chi connectivity index (χ0) is 13.1. The highest BCUT2D eigenvalue weighted by Crippen LogP contribution is 2.22. The second-order valence-electron chi connectivity index (χ2n) is 4.99. The van der Waals surface area contributed by atoms with Crippen molar-refractivity contribution < 1.29 is 9.13 Å². The lowest BCUT2D eigenvalue weighted by atomic mass is 10.1. The Kier molecular flexibility index (Phi) is 3.77. The van der Waals surface area contributed by atoms with Gasteiger partial charge in [0.2, 0.25) is 5.95 Å². The molecule has 3 rings (SSSR count). The lowest BCUT2D eigenvalue weighted by Crippen LogP contribution is -2.38. The van der Waals surface area contributed by atoms with Crippen molar-refractivity contribution in [3.63, 3.8) is 0 Å². The summed E-state index contributed by atoms with van der Waals surface area (Å²) in [4.78, 5) is 12.7. The number of anilines is 2. The summed E-state index contributed by atoms with van der Waals surface area (Å²) in [7, 11) is 0. The minimum Gasteiger partial charge on any atom is -0.378 e. The summed E-state index contributed by atoms with van der Waals surface area (Å²) in [6, 6.07) is 0. The van der Waals surface area contributed by atoms with Crippen LogP contribution >= 0.6 is 0 Å². The molecule has 0 bridgehead atoms. The van der Waals surface area contributed by atoms with Crippen LogP contribution in [0.1, 0.15) is 19.3 Å². The van der Waals surface area contributed by atoms with E-state index in [0.29, 0.717) is 38.1 Å². The average molecular weight is 266 g/mol. The first kappa shape index (κ1) is 12.6. The molecule has 2 aliphatic rings. The summed E-state index contributed by atoms with van der Waals surface area (Å²) in [5.74, 6) is 0.726. The summed E-state index contributed by atoms with van der Waals surface area (Å²) < 4.78 is 19.2. The van der Waals surface area contributed by atoms with Crippen LogP contribution in [0.25, 0.3) is 0 Å².